The Hall–Kier alpha value is -2.29. The third-order valence-corrected chi connectivity index (χ3v) is 3.72. The van der Waals surface area contributed by atoms with Crippen molar-refractivity contribution in [1.29, 1.82) is 0 Å². The molecule has 0 saturated heterocycles. The summed E-state index contributed by atoms with van der Waals surface area (Å²) < 4.78 is 5.58. The lowest BCUT2D eigenvalue weighted by atomic mass is 9.83. The predicted octanol–water partition coefficient (Wildman–Crippen LogP) is 4.30. The van der Waals surface area contributed by atoms with Gasteiger partial charge in [-0.05, 0) is 42.2 Å². The van der Waals surface area contributed by atoms with Crippen LogP contribution >= 0.6 is 0 Å². The lowest BCUT2D eigenvalue weighted by Crippen LogP contribution is -2.15. The van der Waals surface area contributed by atoms with E-state index in [0.29, 0.717) is 5.56 Å². The number of pyridine rings is 1. The van der Waals surface area contributed by atoms with Gasteiger partial charge in [-0.25, -0.2) is 0 Å². The van der Waals surface area contributed by atoms with Crippen LogP contribution in [0.1, 0.15) is 37.6 Å². The second kappa shape index (κ2) is 5.84. The number of benzene rings is 1. The van der Waals surface area contributed by atoms with Crippen LogP contribution in [-0.2, 0) is 5.41 Å². The van der Waals surface area contributed by atoms with E-state index in [1.165, 1.54) is 0 Å². The maximum atomic E-state index is 12.2. The van der Waals surface area contributed by atoms with Crippen LogP contribution in [0.4, 0.5) is 0 Å². The van der Waals surface area contributed by atoms with E-state index in [1.54, 1.807) is 13.2 Å². The summed E-state index contributed by atoms with van der Waals surface area (Å²) in [4.78, 5) is 15.1. The minimum Gasteiger partial charge on any atom is -0.496 e. The first-order valence-corrected chi connectivity index (χ1v) is 7.33. The second-order valence-electron chi connectivity index (χ2n) is 6.48. The van der Waals surface area contributed by atoms with Crippen molar-refractivity contribution in [3.63, 3.8) is 0 Å². The minimum atomic E-state index is -0.101. The topological polar surface area (TPSA) is 42.1 Å². The maximum Gasteiger partial charge on any atom is 0.256 e. The number of H-pyrrole nitrogens is 1. The van der Waals surface area contributed by atoms with Crippen LogP contribution in [0.5, 0.6) is 5.75 Å². The fraction of sp³-hybridized carbons (Fsp3) is 0.316. The van der Waals surface area contributed by atoms with Gasteiger partial charge in [0.15, 0.2) is 0 Å². The number of ether oxygens (including phenoxy) is 1. The zero-order valence-electron chi connectivity index (χ0n) is 13.9. The Morgan fingerprint density at radius 2 is 1.91 bits per heavy atom. The molecule has 3 heteroatoms. The molecule has 0 amide bonds. The van der Waals surface area contributed by atoms with Crippen LogP contribution in [0.3, 0.4) is 0 Å². The molecule has 0 aliphatic rings. The number of aromatic nitrogens is 1. The Bertz CT molecular complexity index is 764. The molecular weight excluding hydrogens is 274 g/mol. The molecule has 0 aliphatic carbocycles. The van der Waals surface area contributed by atoms with Crippen molar-refractivity contribution in [2.75, 3.05) is 7.11 Å². The van der Waals surface area contributed by atoms with Crippen molar-refractivity contribution in [1.82, 2.24) is 4.98 Å². The van der Waals surface area contributed by atoms with E-state index >= 15 is 0 Å². The van der Waals surface area contributed by atoms with Crippen LogP contribution in [-0.4, -0.2) is 12.1 Å². The first-order valence-electron chi connectivity index (χ1n) is 7.33. The molecule has 116 valence electrons. The molecule has 22 heavy (non-hydrogen) atoms. The van der Waals surface area contributed by atoms with Crippen LogP contribution in [0.15, 0.2) is 35.6 Å². The number of hydrogen-bond donors (Lipinski definition) is 1. The molecule has 1 N–H and O–H groups in total. The second-order valence-corrected chi connectivity index (χ2v) is 6.48. The normalized spacial score (nSPS) is 11.3. The molecular formula is C19H23NO2. The van der Waals surface area contributed by atoms with Crippen molar-refractivity contribution in [2.24, 2.45) is 0 Å². The number of hydrogen-bond acceptors (Lipinski definition) is 2. The number of aryl methyl sites for hydroxylation is 1. The number of methoxy groups -OCH3 is 1. The van der Waals surface area contributed by atoms with Gasteiger partial charge in [-0.15, -0.1) is 0 Å². The molecule has 0 bridgehead atoms. The lowest BCUT2D eigenvalue weighted by Gasteiger charge is -2.24. The summed E-state index contributed by atoms with van der Waals surface area (Å²) in [5.74, 6) is 0.815. The van der Waals surface area contributed by atoms with Gasteiger partial charge in [0.05, 0.1) is 7.11 Å². The van der Waals surface area contributed by atoms with Crippen LogP contribution in [0.2, 0.25) is 0 Å². The van der Waals surface area contributed by atoms with E-state index in [9.17, 15) is 4.79 Å². The van der Waals surface area contributed by atoms with E-state index < -0.39 is 0 Å². The van der Waals surface area contributed by atoms with Crippen LogP contribution in [0.25, 0.3) is 17.2 Å². The van der Waals surface area contributed by atoms with Crippen LogP contribution in [0, 0.1) is 6.92 Å². The van der Waals surface area contributed by atoms with E-state index in [2.05, 4.69) is 32.3 Å². The van der Waals surface area contributed by atoms with E-state index in [4.69, 9.17) is 4.74 Å². The molecule has 0 aliphatic heterocycles. The number of aromatic amines is 1. The van der Waals surface area contributed by atoms with Gasteiger partial charge in [0.1, 0.15) is 5.75 Å². The molecule has 2 aromatic rings. The summed E-state index contributed by atoms with van der Waals surface area (Å²) in [6, 6.07) is 7.74. The molecule has 1 aromatic carbocycles. The number of rotatable bonds is 3. The van der Waals surface area contributed by atoms with Gasteiger partial charge in [0.25, 0.3) is 5.56 Å². The highest BCUT2D eigenvalue weighted by atomic mass is 16.5. The van der Waals surface area contributed by atoms with Crippen molar-refractivity contribution in [3.05, 3.63) is 58.0 Å². The standard InChI is InChI=1S/C19H23NO2/c1-7-13-10-14(15-9-8-12(2)20-18(15)21)11-16(17(13)22-6)19(3,4)5/h7-11H,1H2,2-6H3,(H,20,21). The average Bonchev–Trinajstić information content (AvgIpc) is 2.44. The van der Waals surface area contributed by atoms with E-state index in [0.717, 1.165) is 28.1 Å². The zero-order chi connectivity index (χ0) is 16.5. The van der Waals surface area contributed by atoms with E-state index in [-0.39, 0.29) is 11.0 Å². The van der Waals surface area contributed by atoms with Gasteiger partial charge in [-0.3, -0.25) is 4.79 Å². The van der Waals surface area contributed by atoms with Gasteiger partial charge in [0, 0.05) is 22.4 Å². The number of nitrogens with one attached hydrogen (secondary N) is 1. The third-order valence-electron chi connectivity index (χ3n) is 3.72. The summed E-state index contributed by atoms with van der Waals surface area (Å²) in [6.07, 6.45) is 1.76. The molecule has 0 radical (unpaired) electrons. The van der Waals surface area contributed by atoms with Crippen LogP contribution < -0.4 is 10.3 Å². The third kappa shape index (κ3) is 2.98. The Balaban J connectivity index is 2.78. The SMILES string of the molecule is C=Cc1cc(-c2ccc(C)[nH]c2=O)cc(C(C)(C)C)c1OC. The Kier molecular flexibility index (Phi) is 4.27. The summed E-state index contributed by atoms with van der Waals surface area (Å²) in [5, 5.41) is 0. The average molecular weight is 297 g/mol. The summed E-state index contributed by atoms with van der Waals surface area (Å²) >= 11 is 0. The summed E-state index contributed by atoms with van der Waals surface area (Å²) in [5.41, 5.74) is 4.15. The quantitative estimate of drug-likeness (QED) is 0.917. The van der Waals surface area contributed by atoms with Crippen molar-refractivity contribution >= 4 is 6.08 Å². The summed E-state index contributed by atoms with van der Waals surface area (Å²) in [7, 11) is 1.66. The highest BCUT2D eigenvalue weighted by Crippen LogP contribution is 2.37. The molecule has 1 aromatic heterocycles. The molecule has 1 heterocycles. The van der Waals surface area contributed by atoms with Crippen molar-refractivity contribution in [2.45, 2.75) is 33.1 Å². The van der Waals surface area contributed by atoms with Gasteiger partial charge in [0.2, 0.25) is 0 Å². The largest absolute Gasteiger partial charge is 0.496 e. The Morgan fingerprint density at radius 1 is 1.23 bits per heavy atom. The monoisotopic (exact) mass is 297 g/mol. The molecule has 0 fully saturated rings. The fourth-order valence-corrected chi connectivity index (χ4v) is 2.54. The molecule has 0 saturated carbocycles. The smallest absolute Gasteiger partial charge is 0.256 e. The summed E-state index contributed by atoms with van der Waals surface area (Å²) in [6.45, 7) is 12.1. The molecule has 0 atom stereocenters. The molecule has 0 unspecified atom stereocenters. The lowest BCUT2D eigenvalue weighted by molar-refractivity contribution is 0.397. The Morgan fingerprint density at radius 3 is 2.41 bits per heavy atom. The first-order chi connectivity index (χ1) is 10.3. The molecule has 0 spiro atoms. The minimum absolute atomic E-state index is 0.0833. The maximum absolute atomic E-state index is 12.2. The van der Waals surface area contributed by atoms with Crippen molar-refractivity contribution in [3.8, 4) is 16.9 Å². The highest BCUT2D eigenvalue weighted by molar-refractivity contribution is 5.72. The Labute approximate surface area is 131 Å². The van der Waals surface area contributed by atoms with Gasteiger partial charge >= 0.3 is 0 Å². The predicted molar refractivity (Wildman–Crippen MR) is 92.6 cm³/mol. The molecule has 2 rings (SSSR count). The van der Waals surface area contributed by atoms with Crippen molar-refractivity contribution < 1.29 is 4.74 Å². The van der Waals surface area contributed by atoms with Gasteiger partial charge < -0.3 is 9.72 Å². The molecule has 3 nitrogen and oxygen atoms in total. The highest BCUT2D eigenvalue weighted by Gasteiger charge is 2.22. The fourth-order valence-electron chi connectivity index (χ4n) is 2.54. The van der Waals surface area contributed by atoms with E-state index in [1.807, 2.05) is 31.2 Å². The zero-order valence-corrected chi connectivity index (χ0v) is 13.9. The first kappa shape index (κ1) is 16.1. The van der Waals surface area contributed by atoms with Gasteiger partial charge in [-0.1, -0.05) is 33.4 Å². The van der Waals surface area contributed by atoms with Gasteiger partial charge in [-0.2, -0.15) is 0 Å².